The molecule has 0 spiro atoms. The number of thiophene rings is 1. The monoisotopic (exact) mass is 674 g/mol. The third kappa shape index (κ3) is 7.50. The molecule has 1 aliphatic heterocycles. The number of aryl methyl sites for hydroxylation is 3. The molecule has 2 aromatic heterocycles. The molecular weight excluding hydrogens is 628 g/mol. The standard InChI is InChI=1S/C36H46N6O5S/c1-23-27(8-6-9-28(23)39-34(44)31-21-25-7-4-5-10-30(25)48-31)29-22-41(3)36(46)33(38-29)37-26-13-11-24(12-14-26)32(35(45)40(2)15-18-43)42-16-19-47-20-17-42/h6,8-9,11-14,21-22,32,34-35,39,43-45H,4-5,7,10,15-20H2,1-3H3,(H,37,38)/t32?,34-,35?/m0/s1. The molecule has 0 saturated carbocycles. The Hall–Kier alpha value is -3.62. The van der Waals surface area contributed by atoms with E-state index in [1.807, 2.05) is 49.4 Å². The molecule has 2 unspecified atom stereocenters. The molecule has 0 radical (unpaired) electrons. The van der Waals surface area contributed by atoms with Crippen molar-refractivity contribution in [1.82, 2.24) is 19.4 Å². The van der Waals surface area contributed by atoms with E-state index in [0.29, 0.717) is 44.2 Å². The van der Waals surface area contributed by atoms with Gasteiger partial charge in [0.2, 0.25) is 0 Å². The zero-order valence-corrected chi connectivity index (χ0v) is 28.7. The molecule has 2 aromatic carbocycles. The van der Waals surface area contributed by atoms with Gasteiger partial charge < -0.3 is 35.3 Å². The van der Waals surface area contributed by atoms with Gasteiger partial charge in [-0.25, -0.2) is 4.98 Å². The number of nitrogens with zero attached hydrogens (tertiary/aromatic N) is 4. The first-order valence-corrected chi connectivity index (χ1v) is 17.5. The van der Waals surface area contributed by atoms with Crippen molar-refractivity contribution in [3.8, 4) is 11.3 Å². The maximum absolute atomic E-state index is 13.2. The molecule has 11 nitrogen and oxygen atoms in total. The Morgan fingerprint density at radius 2 is 1.83 bits per heavy atom. The van der Waals surface area contributed by atoms with Crippen LogP contribution in [0.3, 0.4) is 0 Å². The van der Waals surface area contributed by atoms with E-state index in [0.717, 1.165) is 40.1 Å². The predicted octanol–water partition coefficient (Wildman–Crippen LogP) is 4.16. The summed E-state index contributed by atoms with van der Waals surface area (Å²) in [4.78, 5) is 24.2. The maximum atomic E-state index is 13.2. The fraction of sp³-hybridized carbons (Fsp3) is 0.444. The van der Waals surface area contributed by atoms with Crippen molar-refractivity contribution in [2.24, 2.45) is 7.05 Å². The number of aliphatic hydroxyl groups is 3. The molecule has 256 valence electrons. The summed E-state index contributed by atoms with van der Waals surface area (Å²) in [5.74, 6) is 0.192. The summed E-state index contributed by atoms with van der Waals surface area (Å²) >= 11 is 1.69. The van der Waals surface area contributed by atoms with Gasteiger partial charge in [-0.2, -0.15) is 0 Å². The highest BCUT2D eigenvalue weighted by Gasteiger charge is 2.31. The fourth-order valence-corrected chi connectivity index (χ4v) is 7.81. The van der Waals surface area contributed by atoms with Gasteiger partial charge in [0.15, 0.2) is 12.0 Å². The highest BCUT2D eigenvalue weighted by atomic mass is 32.1. The van der Waals surface area contributed by atoms with Crippen molar-refractivity contribution in [3.05, 3.63) is 91.5 Å². The van der Waals surface area contributed by atoms with Crippen LogP contribution in [0.25, 0.3) is 11.3 Å². The Kier molecular flexibility index (Phi) is 10.9. The lowest BCUT2D eigenvalue weighted by atomic mass is 9.99. The van der Waals surface area contributed by atoms with Crippen LogP contribution in [0.15, 0.2) is 59.5 Å². The molecule has 5 N–H and O–H groups in total. The van der Waals surface area contributed by atoms with E-state index in [2.05, 4.69) is 21.6 Å². The molecule has 4 aromatic rings. The number of benzene rings is 2. The minimum Gasteiger partial charge on any atom is -0.395 e. The first kappa shape index (κ1) is 34.3. The quantitative estimate of drug-likeness (QED) is 0.140. The van der Waals surface area contributed by atoms with E-state index in [-0.39, 0.29) is 24.0 Å². The van der Waals surface area contributed by atoms with Crippen LogP contribution in [0.2, 0.25) is 0 Å². The molecular formula is C36H46N6O5S. The number of rotatable bonds is 12. The lowest BCUT2D eigenvalue weighted by Gasteiger charge is -2.40. The van der Waals surface area contributed by atoms with E-state index in [9.17, 15) is 20.1 Å². The lowest BCUT2D eigenvalue weighted by Crippen LogP contribution is -2.49. The van der Waals surface area contributed by atoms with Crippen LogP contribution in [0, 0.1) is 6.92 Å². The maximum Gasteiger partial charge on any atom is 0.293 e. The number of anilines is 3. The van der Waals surface area contributed by atoms with Gasteiger partial charge in [0.25, 0.3) is 5.56 Å². The minimum atomic E-state index is -0.829. The zero-order valence-electron chi connectivity index (χ0n) is 27.9. The zero-order chi connectivity index (χ0) is 33.8. The third-order valence-electron chi connectivity index (χ3n) is 9.40. The largest absolute Gasteiger partial charge is 0.395 e. The Bertz CT molecular complexity index is 1730. The summed E-state index contributed by atoms with van der Waals surface area (Å²) < 4.78 is 7.06. The van der Waals surface area contributed by atoms with Crippen LogP contribution in [0.5, 0.6) is 0 Å². The molecule has 0 amide bonds. The summed E-state index contributed by atoms with van der Waals surface area (Å²) in [7, 11) is 3.50. The van der Waals surface area contributed by atoms with Gasteiger partial charge >= 0.3 is 0 Å². The highest BCUT2D eigenvalue weighted by molar-refractivity contribution is 7.12. The van der Waals surface area contributed by atoms with Crippen LogP contribution in [0.1, 0.15) is 51.6 Å². The first-order valence-electron chi connectivity index (χ1n) is 16.6. The molecule has 1 aliphatic carbocycles. The second-order valence-electron chi connectivity index (χ2n) is 12.7. The average Bonchev–Trinajstić information content (AvgIpc) is 3.54. The van der Waals surface area contributed by atoms with Crippen molar-refractivity contribution >= 4 is 28.5 Å². The van der Waals surface area contributed by atoms with Crippen molar-refractivity contribution in [1.29, 1.82) is 0 Å². The Morgan fingerprint density at radius 3 is 2.56 bits per heavy atom. The van der Waals surface area contributed by atoms with Gasteiger partial charge in [-0.15, -0.1) is 11.3 Å². The van der Waals surface area contributed by atoms with E-state index in [1.54, 1.807) is 36.5 Å². The van der Waals surface area contributed by atoms with Gasteiger partial charge in [-0.3, -0.25) is 14.6 Å². The second-order valence-corrected chi connectivity index (χ2v) is 13.8. The Balaban J connectivity index is 1.22. The SMILES string of the molecule is Cc1c(N[C@@H](O)c2cc3c(s2)CCCC3)cccc1-c1cn(C)c(=O)c(Nc2ccc(C(C(O)N(C)CCO)N3CCOCC3)cc2)n1. The van der Waals surface area contributed by atoms with E-state index in [4.69, 9.17) is 9.72 Å². The van der Waals surface area contributed by atoms with Crippen molar-refractivity contribution < 1.29 is 20.1 Å². The summed E-state index contributed by atoms with van der Waals surface area (Å²) in [5.41, 5.74) is 5.89. The molecule has 1 saturated heterocycles. The van der Waals surface area contributed by atoms with Crippen molar-refractivity contribution in [3.63, 3.8) is 0 Å². The second kappa shape index (κ2) is 15.3. The topological polar surface area (TPSA) is 135 Å². The molecule has 3 heterocycles. The summed E-state index contributed by atoms with van der Waals surface area (Å²) in [6.45, 7) is 4.84. The fourth-order valence-electron chi connectivity index (χ4n) is 6.61. The van der Waals surface area contributed by atoms with E-state index < -0.39 is 12.5 Å². The van der Waals surface area contributed by atoms with Gasteiger partial charge in [0.05, 0.1) is 36.4 Å². The number of likely N-dealkylation sites (N-methyl/N-ethyl adjacent to an activating group) is 1. The number of hydrogen-bond donors (Lipinski definition) is 5. The van der Waals surface area contributed by atoms with Crippen LogP contribution >= 0.6 is 11.3 Å². The molecule has 0 bridgehead atoms. The van der Waals surface area contributed by atoms with Gasteiger partial charge in [0, 0.05) is 54.7 Å². The summed E-state index contributed by atoms with van der Waals surface area (Å²) in [5, 5.41) is 38.3. The lowest BCUT2D eigenvalue weighted by molar-refractivity contribution is -0.0799. The number of ether oxygens (including phenoxy) is 1. The van der Waals surface area contributed by atoms with Crippen molar-refractivity contribution in [2.75, 3.05) is 57.1 Å². The van der Waals surface area contributed by atoms with Gasteiger partial charge in [-0.05, 0) is 80.6 Å². The van der Waals surface area contributed by atoms with Gasteiger partial charge in [0.1, 0.15) is 6.23 Å². The average molecular weight is 675 g/mol. The summed E-state index contributed by atoms with van der Waals surface area (Å²) in [6, 6.07) is 15.3. The number of morpholine rings is 1. The number of fused-ring (bicyclic) bond motifs is 1. The van der Waals surface area contributed by atoms with Crippen LogP contribution in [-0.2, 0) is 24.6 Å². The molecule has 48 heavy (non-hydrogen) atoms. The summed E-state index contributed by atoms with van der Waals surface area (Å²) in [6.07, 6.45) is 4.65. The molecule has 3 atom stereocenters. The van der Waals surface area contributed by atoms with E-state index in [1.165, 1.54) is 27.8 Å². The van der Waals surface area contributed by atoms with Crippen molar-refractivity contribution in [2.45, 2.75) is 51.1 Å². The predicted molar refractivity (Wildman–Crippen MR) is 190 cm³/mol. The van der Waals surface area contributed by atoms with Crippen LogP contribution < -0.4 is 16.2 Å². The third-order valence-corrected chi connectivity index (χ3v) is 10.7. The number of nitrogens with one attached hydrogen (secondary N) is 2. The number of aromatic nitrogens is 2. The normalized spacial score (nSPS) is 17.1. The molecule has 6 rings (SSSR count). The van der Waals surface area contributed by atoms with Crippen LogP contribution in [-0.4, -0.2) is 87.4 Å². The number of hydrogen-bond acceptors (Lipinski definition) is 11. The molecule has 2 aliphatic rings. The number of aliphatic hydroxyl groups excluding tert-OH is 3. The smallest absolute Gasteiger partial charge is 0.293 e. The highest BCUT2D eigenvalue weighted by Crippen LogP contribution is 2.35. The van der Waals surface area contributed by atoms with E-state index >= 15 is 0 Å². The Morgan fingerprint density at radius 1 is 1.08 bits per heavy atom. The minimum absolute atomic E-state index is 0.0494. The first-order chi connectivity index (χ1) is 23.2. The van der Waals surface area contributed by atoms with Crippen LogP contribution in [0.4, 0.5) is 17.2 Å². The van der Waals surface area contributed by atoms with Gasteiger partial charge in [-0.1, -0.05) is 24.3 Å². The molecule has 1 fully saturated rings. The molecule has 12 heteroatoms. The Labute approximate surface area is 285 Å².